The van der Waals surface area contributed by atoms with Crippen LogP contribution in [0.15, 0.2) is 29.4 Å². The monoisotopic (exact) mass is 369 g/mol. The molecule has 1 aromatic heterocycles. The van der Waals surface area contributed by atoms with Crippen molar-refractivity contribution in [2.75, 3.05) is 0 Å². The Bertz CT molecular complexity index is 739. The number of nitrogens with one attached hydrogen (secondary N) is 2. The first-order valence-electron chi connectivity index (χ1n) is 6.99. The summed E-state index contributed by atoms with van der Waals surface area (Å²) < 4.78 is 1.62. The predicted octanol–water partition coefficient (Wildman–Crippen LogP) is 3.69. The molecule has 0 radical (unpaired) electrons. The number of hydrogen-bond acceptors (Lipinski definition) is 3. The highest BCUT2D eigenvalue weighted by Crippen LogP contribution is 2.23. The van der Waals surface area contributed by atoms with Gasteiger partial charge < -0.3 is 5.32 Å². The SMILES string of the molecule is Cc1nn(-c2cccc(Cl)c2)c(Cl)c1/C=N\NC(=S)NC(C)C. The summed E-state index contributed by atoms with van der Waals surface area (Å²) >= 11 is 17.5. The third-order valence-electron chi connectivity index (χ3n) is 2.88. The van der Waals surface area contributed by atoms with Crippen LogP contribution >= 0.6 is 35.4 Å². The molecule has 5 nitrogen and oxygen atoms in total. The average molecular weight is 370 g/mol. The molecule has 0 aliphatic rings. The molecule has 0 bridgehead atoms. The summed E-state index contributed by atoms with van der Waals surface area (Å²) in [6, 6.07) is 7.55. The summed E-state index contributed by atoms with van der Waals surface area (Å²) in [5, 5.41) is 13.1. The van der Waals surface area contributed by atoms with E-state index in [9.17, 15) is 0 Å². The molecule has 0 atom stereocenters. The molecule has 0 aliphatic heterocycles. The zero-order valence-electron chi connectivity index (χ0n) is 13.0. The molecule has 0 amide bonds. The molecule has 0 spiro atoms. The van der Waals surface area contributed by atoms with Crippen LogP contribution in [-0.4, -0.2) is 27.1 Å². The first kappa shape index (κ1) is 17.7. The van der Waals surface area contributed by atoms with Crippen molar-refractivity contribution in [2.24, 2.45) is 5.10 Å². The van der Waals surface area contributed by atoms with E-state index in [4.69, 9.17) is 35.4 Å². The lowest BCUT2D eigenvalue weighted by Gasteiger charge is -2.09. The molecule has 23 heavy (non-hydrogen) atoms. The van der Waals surface area contributed by atoms with Gasteiger partial charge in [0.25, 0.3) is 0 Å². The van der Waals surface area contributed by atoms with Gasteiger partial charge in [0.2, 0.25) is 0 Å². The van der Waals surface area contributed by atoms with Gasteiger partial charge in [-0.3, -0.25) is 5.43 Å². The quantitative estimate of drug-likeness (QED) is 0.490. The second kappa shape index (κ2) is 7.77. The van der Waals surface area contributed by atoms with Crippen molar-refractivity contribution in [3.63, 3.8) is 0 Å². The first-order chi connectivity index (χ1) is 10.9. The lowest BCUT2D eigenvalue weighted by molar-refractivity contribution is 0.720. The number of nitrogens with zero attached hydrogens (tertiary/aromatic N) is 3. The minimum atomic E-state index is 0.237. The van der Waals surface area contributed by atoms with E-state index in [1.165, 1.54) is 0 Å². The Labute approximate surface area is 150 Å². The summed E-state index contributed by atoms with van der Waals surface area (Å²) in [6.45, 7) is 5.85. The molecule has 8 heteroatoms. The summed E-state index contributed by atoms with van der Waals surface area (Å²) in [4.78, 5) is 0. The minimum Gasteiger partial charge on any atom is -0.359 e. The Balaban J connectivity index is 2.20. The van der Waals surface area contributed by atoms with Crippen LogP contribution in [-0.2, 0) is 0 Å². The topological polar surface area (TPSA) is 54.2 Å². The highest BCUT2D eigenvalue weighted by Gasteiger charge is 2.13. The summed E-state index contributed by atoms with van der Waals surface area (Å²) in [5.41, 5.74) is 5.00. The second-order valence-corrected chi connectivity index (χ2v) is 6.38. The Morgan fingerprint density at radius 2 is 2.13 bits per heavy atom. The van der Waals surface area contributed by atoms with E-state index >= 15 is 0 Å². The number of aromatic nitrogens is 2. The van der Waals surface area contributed by atoms with Gasteiger partial charge in [-0.05, 0) is 51.2 Å². The predicted molar refractivity (Wildman–Crippen MR) is 99.9 cm³/mol. The average Bonchev–Trinajstić information content (AvgIpc) is 2.74. The van der Waals surface area contributed by atoms with Crippen LogP contribution in [0.2, 0.25) is 10.2 Å². The Hall–Kier alpha value is -1.63. The normalized spacial score (nSPS) is 11.2. The molecule has 1 aromatic carbocycles. The van der Waals surface area contributed by atoms with Crippen LogP contribution in [0.5, 0.6) is 0 Å². The van der Waals surface area contributed by atoms with Gasteiger partial charge >= 0.3 is 0 Å². The summed E-state index contributed by atoms with van der Waals surface area (Å²) in [6.07, 6.45) is 1.60. The molecule has 0 unspecified atom stereocenters. The third kappa shape index (κ3) is 4.67. The number of hydrazone groups is 1. The van der Waals surface area contributed by atoms with Gasteiger partial charge in [-0.25, -0.2) is 4.68 Å². The maximum absolute atomic E-state index is 6.41. The maximum Gasteiger partial charge on any atom is 0.187 e. The molecule has 2 rings (SSSR count). The van der Waals surface area contributed by atoms with Crippen molar-refractivity contribution in [2.45, 2.75) is 26.8 Å². The molecule has 0 aliphatic carbocycles. The van der Waals surface area contributed by atoms with Crippen LogP contribution in [0.1, 0.15) is 25.1 Å². The molecule has 0 fully saturated rings. The summed E-state index contributed by atoms with van der Waals surface area (Å²) in [7, 11) is 0. The molecule has 122 valence electrons. The van der Waals surface area contributed by atoms with Crippen molar-refractivity contribution in [3.8, 4) is 5.69 Å². The molecular weight excluding hydrogens is 353 g/mol. The smallest absolute Gasteiger partial charge is 0.187 e. The number of aryl methyl sites for hydroxylation is 1. The number of halogens is 2. The van der Waals surface area contributed by atoms with Gasteiger partial charge in [0, 0.05) is 11.1 Å². The third-order valence-corrected chi connectivity index (χ3v) is 3.69. The van der Waals surface area contributed by atoms with Crippen LogP contribution in [0.25, 0.3) is 5.69 Å². The number of thiocarbonyl (C=S) groups is 1. The van der Waals surface area contributed by atoms with Crippen molar-refractivity contribution >= 4 is 46.7 Å². The van der Waals surface area contributed by atoms with E-state index in [-0.39, 0.29) is 6.04 Å². The van der Waals surface area contributed by atoms with Crippen molar-refractivity contribution in [3.05, 3.63) is 45.7 Å². The van der Waals surface area contributed by atoms with Gasteiger partial charge in [-0.15, -0.1) is 0 Å². The lowest BCUT2D eigenvalue weighted by Crippen LogP contribution is -2.36. The highest BCUT2D eigenvalue weighted by atomic mass is 35.5. The standard InChI is InChI=1S/C15H17Cl2N5S/c1-9(2)19-15(23)20-18-8-13-10(3)21-22(14(13)17)12-6-4-5-11(16)7-12/h4-9H,1-3H3,(H2,19,20,23)/b18-8-. The fraction of sp³-hybridized carbons (Fsp3) is 0.267. The Morgan fingerprint density at radius 1 is 1.39 bits per heavy atom. The van der Waals surface area contributed by atoms with E-state index in [0.717, 1.165) is 11.4 Å². The molecule has 0 saturated carbocycles. The van der Waals surface area contributed by atoms with E-state index < -0.39 is 0 Å². The zero-order chi connectivity index (χ0) is 17.0. The van der Waals surface area contributed by atoms with Crippen LogP contribution < -0.4 is 10.7 Å². The van der Waals surface area contributed by atoms with Gasteiger partial charge in [-0.1, -0.05) is 29.3 Å². The molecule has 2 N–H and O–H groups in total. The Morgan fingerprint density at radius 3 is 2.78 bits per heavy atom. The highest BCUT2D eigenvalue weighted by molar-refractivity contribution is 7.80. The minimum absolute atomic E-state index is 0.237. The van der Waals surface area contributed by atoms with Crippen molar-refractivity contribution < 1.29 is 0 Å². The van der Waals surface area contributed by atoms with Gasteiger partial charge in [-0.2, -0.15) is 10.2 Å². The van der Waals surface area contributed by atoms with E-state index in [0.29, 0.717) is 20.9 Å². The maximum atomic E-state index is 6.41. The molecular formula is C15H17Cl2N5S. The molecule has 0 saturated heterocycles. The van der Waals surface area contributed by atoms with Crippen molar-refractivity contribution in [1.29, 1.82) is 0 Å². The summed E-state index contributed by atoms with van der Waals surface area (Å²) in [5.74, 6) is 0. The zero-order valence-corrected chi connectivity index (χ0v) is 15.3. The van der Waals surface area contributed by atoms with Gasteiger partial charge in [0.05, 0.1) is 23.2 Å². The van der Waals surface area contributed by atoms with Crippen LogP contribution in [0, 0.1) is 6.92 Å². The number of rotatable bonds is 4. The first-order valence-corrected chi connectivity index (χ1v) is 8.15. The van der Waals surface area contributed by atoms with Gasteiger partial charge in [0.1, 0.15) is 5.15 Å². The molecule has 1 heterocycles. The number of hydrogen-bond donors (Lipinski definition) is 2. The van der Waals surface area contributed by atoms with E-state index in [1.54, 1.807) is 23.0 Å². The fourth-order valence-corrected chi connectivity index (χ4v) is 2.68. The van der Waals surface area contributed by atoms with Gasteiger partial charge in [0.15, 0.2) is 5.11 Å². The van der Waals surface area contributed by atoms with Crippen molar-refractivity contribution in [1.82, 2.24) is 20.5 Å². The number of benzene rings is 1. The van der Waals surface area contributed by atoms with Crippen LogP contribution in [0.4, 0.5) is 0 Å². The lowest BCUT2D eigenvalue weighted by atomic mass is 10.3. The molecule has 2 aromatic rings. The van der Waals surface area contributed by atoms with E-state index in [2.05, 4.69) is 20.9 Å². The fourth-order valence-electron chi connectivity index (χ4n) is 1.89. The Kier molecular flexibility index (Phi) is 5.98. The van der Waals surface area contributed by atoms with E-state index in [1.807, 2.05) is 32.9 Å². The largest absolute Gasteiger partial charge is 0.359 e. The second-order valence-electron chi connectivity index (χ2n) is 5.18. The van der Waals surface area contributed by atoms with Crippen LogP contribution in [0.3, 0.4) is 0 Å².